The fourth-order valence-corrected chi connectivity index (χ4v) is 1.96. The van der Waals surface area contributed by atoms with Gasteiger partial charge in [-0.05, 0) is 19.3 Å². The van der Waals surface area contributed by atoms with E-state index in [2.05, 4.69) is 20.8 Å². The summed E-state index contributed by atoms with van der Waals surface area (Å²) in [6.45, 7) is 6.75. The summed E-state index contributed by atoms with van der Waals surface area (Å²) in [7, 11) is 1.00. The third-order valence-electron chi connectivity index (χ3n) is 3.08. The maximum atomic E-state index is 7.00. The van der Waals surface area contributed by atoms with Crippen molar-refractivity contribution < 1.29 is 5.11 Å². The average molecular weight is 268 g/mol. The van der Waals surface area contributed by atoms with Gasteiger partial charge in [0.25, 0.3) is 0 Å². The number of unbranched alkanes of at least 4 members (excludes halogenated alkanes) is 3. The molecule has 0 aromatic rings. The van der Waals surface area contributed by atoms with Crippen molar-refractivity contribution in [3.8, 4) is 0 Å². The van der Waals surface area contributed by atoms with Gasteiger partial charge in [0.1, 0.15) is 0 Å². The Kier molecular flexibility index (Phi) is 21.4. The molecule has 108 valence electrons. The molecule has 0 rings (SSSR count). The lowest BCUT2D eigenvalue weighted by atomic mass is 9.84. The van der Waals surface area contributed by atoms with E-state index in [4.69, 9.17) is 10.8 Å². The molecule has 0 fully saturated rings. The van der Waals surface area contributed by atoms with E-state index in [0.717, 1.165) is 7.11 Å². The van der Waals surface area contributed by atoms with Crippen molar-refractivity contribution in [1.29, 1.82) is 0 Å². The zero-order valence-electron chi connectivity index (χ0n) is 12.3. The molecule has 0 atom stereocenters. The van der Waals surface area contributed by atoms with Gasteiger partial charge in [0.15, 0.2) is 0 Å². The van der Waals surface area contributed by atoms with Crippen molar-refractivity contribution in [3.05, 3.63) is 0 Å². The van der Waals surface area contributed by atoms with E-state index in [1.165, 1.54) is 57.8 Å². The molecule has 0 bridgehead atoms. The number of nitrogens with two attached hydrogens (primary N) is 1. The predicted molar refractivity (Wildman–Crippen MR) is 80.9 cm³/mol. The number of halogens is 1. The van der Waals surface area contributed by atoms with E-state index in [0.29, 0.717) is 0 Å². The topological polar surface area (TPSA) is 46.2 Å². The Morgan fingerprint density at radius 1 is 0.765 bits per heavy atom. The summed E-state index contributed by atoms with van der Waals surface area (Å²) in [5.74, 6) is 0. The van der Waals surface area contributed by atoms with Crippen LogP contribution in [0.3, 0.4) is 0 Å². The third-order valence-corrected chi connectivity index (χ3v) is 3.08. The van der Waals surface area contributed by atoms with E-state index < -0.39 is 0 Å². The van der Waals surface area contributed by atoms with Gasteiger partial charge in [-0.15, -0.1) is 12.4 Å². The molecule has 0 aliphatic carbocycles. The van der Waals surface area contributed by atoms with E-state index in [1.54, 1.807) is 0 Å². The fraction of sp³-hybridized carbons (Fsp3) is 1.00. The van der Waals surface area contributed by atoms with Gasteiger partial charge in [-0.2, -0.15) is 0 Å². The molecular formula is C14H34ClNO. The highest BCUT2D eigenvalue weighted by Gasteiger charge is 2.22. The smallest absolute Gasteiger partial charge is 0.0319 e. The minimum absolute atomic E-state index is 0. The van der Waals surface area contributed by atoms with Crippen LogP contribution in [0.4, 0.5) is 0 Å². The fourth-order valence-electron chi connectivity index (χ4n) is 1.96. The van der Waals surface area contributed by atoms with E-state index in [1.807, 2.05) is 0 Å². The summed E-state index contributed by atoms with van der Waals surface area (Å²) in [6, 6.07) is 0. The Bertz CT molecular complexity index is 110. The molecule has 3 N–H and O–H groups in total. The normalized spacial score (nSPS) is 10.2. The van der Waals surface area contributed by atoms with Gasteiger partial charge in [-0.3, -0.25) is 0 Å². The van der Waals surface area contributed by atoms with E-state index >= 15 is 0 Å². The Balaban J connectivity index is -0.000000616. The molecule has 0 saturated carbocycles. The number of hydrogen-bond donors (Lipinski definition) is 2. The molecular weight excluding hydrogens is 234 g/mol. The summed E-state index contributed by atoms with van der Waals surface area (Å²) < 4.78 is 0. The Morgan fingerprint density at radius 3 is 1.18 bits per heavy atom. The number of aliphatic hydroxyl groups excluding tert-OH is 1. The van der Waals surface area contributed by atoms with Gasteiger partial charge >= 0.3 is 0 Å². The second kappa shape index (κ2) is 16.2. The largest absolute Gasteiger partial charge is 0.400 e. The predicted octanol–water partition coefficient (Wildman–Crippen LogP) is 4.28. The highest BCUT2D eigenvalue weighted by atomic mass is 35.5. The van der Waals surface area contributed by atoms with Gasteiger partial charge in [0.2, 0.25) is 0 Å². The molecule has 0 aromatic carbocycles. The minimum Gasteiger partial charge on any atom is -0.400 e. The lowest BCUT2D eigenvalue weighted by Gasteiger charge is -2.29. The molecule has 0 unspecified atom stereocenters. The SMILES string of the molecule is CCCCC(N)(CCCC)CCCC.CO.Cl. The van der Waals surface area contributed by atoms with Crippen molar-refractivity contribution in [2.45, 2.75) is 84.1 Å². The van der Waals surface area contributed by atoms with Gasteiger partial charge in [-0.1, -0.05) is 59.3 Å². The molecule has 0 heterocycles. The molecule has 0 aliphatic rings. The third kappa shape index (κ3) is 14.1. The van der Waals surface area contributed by atoms with Crippen LogP contribution < -0.4 is 5.73 Å². The monoisotopic (exact) mass is 267 g/mol. The molecule has 0 aliphatic heterocycles. The first kappa shape index (κ1) is 22.4. The highest BCUT2D eigenvalue weighted by Crippen LogP contribution is 2.24. The van der Waals surface area contributed by atoms with Crippen LogP contribution >= 0.6 is 12.4 Å². The maximum absolute atomic E-state index is 7.00. The van der Waals surface area contributed by atoms with Crippen LogP contribution in [0.1, 0.15) is 78.6 Å². The zero-order valence-corrected chi connectivity index (χ0v) is 13.1. The quantitative estimate of drug-likeness (QED) is 0.655. The van der Waals surface area contributed by atoms with Crippen molar-refractivity contribution in [3.63, 3.8) is 0 Å². The zero-order chi connectivity index (χ0) is 12.9. The first-order valence-electron chi connectivity index (χ1n) is 6.92. The first-order chi connectivity index (χ1) is 7.68. The Labute approximate surface area is 115 Å². The van der Waals surface area contributed by atoms with Gasteiger partial charge < -0.3 is 10.8 Å². The van der Waals surface area contributed by atoms with Crippen molar-refractivity contribution >= 4 is 12.4 Å². The summed E-state index contributed by atoms with van der Waals surface area (Å²) in [4.78, 5) is 0. The highest BCUT2D eigenvalue weighted by molar-refractivity contribution is 5.85. The number of aliphatic hydroxyl groups is 1. The van der Waals surface area contributed by atoms with Crippen molar-refractivity contribution in [2.24, 2.45) is 5.73 Å². The summed E-state index contributed by atoms with van der Waals surface area (Å²) in [5, 5.41) is 7.00. The van der Waals surface area contributed by atoms with Crippen LogP contribution in [0.2, 0.25) is 0 Å². The number of hydrogen-bond acceptors (Lipinski definition) is 2. The van der Waals surface area contributed by atoms with Crippen LogP contribution in [0, 0.1) is 0 Å². The second-order valence-corrected chi connectivity index (χ2v) is 4.67. The minimum atomic E-state index is 0. The van der Waals surface area contributed by atoms with Crippen LogP contribution in [0.15, 0.2) is 0 Å². The summed E-state index contributed by atoms with van der Waals surface area (Å²) >= 11 is 0. The molecule has 17 heavy (non-hydrogen) atoms. The van der Waals surface area contributed by atoms with E-state index in [-0.39, 0.29) is 17.9 Å². The average Bonchev–Trinajstić information content (AvgIpc) is 2.34. The summed E-state index contributed by atoms with van der Waals surface area (Å²) in [5.41, 5.74) is 6.61. The number of rotatable bonds is 9. The molecule has 0 amide bonds. The van der Waals surface area contributed by atoms with Gasteiger partial charge in [0.05, 0.1) is 0 Å². The lowest BCUT2D eigenvalue weighted by molar-refractivity contribution is 0.313. The van der Waals surface area contributed by atoms with Gasteiger partial charge in [-0.25, -0.2) is 0 Å². The standard InChI is InChI=1S/C13H29N.CH4O.ClH/c1-4-7-10-13(14,11-8-5-2)12-9-6-3;1-2;/h4-12,14H2,1-3H3;2H,1H3;1H. The molecule has 0 saturated heterocycles. The lowest BCUT2D eigenvalue weighted by Crippen LogP contribution is -2.39. The first-order valence-corrected chi connectivity index (χ1v) is 6.92. The molecule has 3 heteroatoms. The molecule has 0 aromatic heterocycles. The van der Waals surface area contributed by atoms with Crippen LogP contribution in [-0.2, 0) is 0 Å². The Morgan fingerprint density at radius 2 is 1.00 bits per heavy atom. The Hall–Kier alpha value is 0.210. The van der Waals surface area contributed by atoms with Crippen LogP contribution in [0.5, 0.6) is 0 Å². The maximum Gasteiger partial charge on any atom is 0.0319 e. The molecule has 0 radical (unpaired) electrons. The van der Waals surface area contributed by atoms with Crippen LogP contribution in [-0.4, -0.2) is 17.8 Å². The second-order valence-electron chi connectivity index (χ2n) is 4.67. The summed E-state index contributed by atoms with van der Waals surface area (Å²) in [6.07, 6.45) is 11.4. The van der Waals surface area contributed by atoms with Gasteiger partial charge in [0, 0.05) is 12.6 Å². The molecule has 2 nitrogen and oxygen atoms in total. The van der Waals surface area contributed by atoms with E-state index in [9.17, 15) is 0 Å². The van der Waals surface area contributed by atoms with Crippen molar-refractivity contribution in [2.75, 3.05) is 7.11 Å². The van der Waals surface area contributed by atoms with Crippen molar-refractivity contribution in [1.82, 2.24) is 0 Å². The molecule has 0 spiro atoms. The van der Waals surface area contributed by atoms with Crippen LogP contribution in [0.25, 0.3) is 0 Å².